The van der Waals surface area contributed by atoms with Crippen molar-refractivity contribution in [2.75, 3.05) is 12.3 Å². The third-order valence-electron chi connectivity index (χ3n) is 2.29. The Hall–Kier alpha value is -1.81. The molecule has 20 heavy (non-hydrogen) atoms. The van der Waals surface area contributed by atoms with Crippen LogP contribution in [0.1, 0.15) is 12.8 Å². The third kappa shape index (κ3) is 7.59. The maximum Gasteiger partial charge on any atom is 0.322 e. The number of nitrogens with one attached hydrogen (secondary N) is 2. The number of nitrogens with two attached hydrogens (primary N) is 1. The van der Waals surface area contributed by atoms with Crippen LogP contribution in [0.4, 0.5) is 0 Å². The van der Waals surface area contributed by atoms with Crippen molar-refractivity contribution in [3.05, 3.63) is 0 Å². The highest BCUT2D eigenvalue weighted by atomic mass is 32.1. The molecule has 0 aromatic rings. The minimum Gasteiger partial charge on any atom is -0.480 e. The van der Waals surface area contributed by atoms with E-state index in [1.807, 2.05) is 0 Å². The molecule has 0 aromatic heterocycles. The van der Waals surface area contributed by atoms with Crippen molar-refractivity contribution in [3.8, 4) is 0 Å². The largest absolute Gasteiger partial charge is 0.480 e. The number of hydrogen-bond donors (Lipinski definition) is 6. The van der Waals surface area contributed by atoms with Crippen LogP contribution in [0.3, 0.4) is 0 Å². The Morgan fingerprint density at radius 1 is 1.15 bits per heavy atom. The summed E-state index contributed by atoms with van der Waals surface area (Å²) in [5.41, 5.74) is 4.93. The molecule has 0 rings (SSSR count). The fourth-order valence-corrected chi connectivity index (χ4v) is 1.58. The summed E-state index contributed by atoms with van der Waals surface area (Å²) in [5, 5.41) is 22.0. The van der Waals surface area contributed by atoms with Crippen LogP contribution in [0.25, 0.3) is 0 Å². The third-order valence-corrected chi connectivity index (χ3v) is 2.66. The number of hydrogen-bond acceptors (Lipinski definition) is 6. The molecule has 0 saturated heterocycles. The van der Waals surface area contributed by atoms with Gasteiger partial charge in [-0.15, -0.1) is 0 Å². The molecule has 10 heteroatoms. The molecule has 6 N–H and O–H groups in total. The number of carbonyl (C=O) groups is 4. The summed E-state index contributed by atoms with van der Waals surface area (Å²) in [7, 11) is 0. The molecule has 0 radical (unpaired) electrons. The summed E-state index contributed by atoms with van der Waals surface area (Å²) >= 11 is 3.90. The summed E-state index contributed by atoms with van der Waals surface area (Å²) in [5.74, 6) is -3.85. The van der Waals surface area contributed by atoms with Crippen LogP contribution >= 0.6 is 12.6 Å². The summed E-state index contributed by atoms with van der Waals surface area (Å²) in [4.78, 5) is 43.5. The zero-order chi connectivity index (χ0) is 15.7. The molecular weight excluding hydrogens is 290 g/mol. The first-order valence-electron chi connectivity index (χ1n) is 5.65. The first kappa shape index (κ1) is 18.2. The highest BCUT2D eigenvalue weighted by Gasteiger charge is 2.25. The number of thiol groups is 1. The van der Waals surface area contributed by atoms with Crippen LogP contribution in [0.15, 0.2) is 0 Å². The van der Waals surface area contributed by atoms with Gasteiger partial charge in [0.05, 0.1) is 6.04 Å². The normalized spacial score (nSPS) is 13.2. The summed E-state index contributed by atoms with van der Waals surface area (Å²) < 4.78 is 0. The number of aliphatic carboxylic acids is 2. The second kappa shape index (κ2) is 9.15. The van der Waals surface area contributed by atoms with Crippen molar-refractivity contribution in [2.24, 2.45) is 5.73 Å². The van der Waals surface area contributed by atoms with Gasteiger partial charge in [-0.25, -0.2) is 0 Å². The maximum atomic E-state index is 11.6. The van der Waals surface area contributed by atoms with Crippen LogP contribution in [-0.4, -0.2) is 58.3 Å². The lowest BCUT2D eigenvalue weighted by Gasteiger charge is -2.20. The van der Waals surface area contributed by atoms with Gasteiger partial charge in [0.2, 0.25) is 11.8 Å². The van der Waals surface area contributed by atoms with Gasteiger partial charge in [-0.05, 0) is 6.42 Å². The minimum absolute atomic E-state index is 0.0359. The maximum absolute atomic E-state index is 11.6. The standard InChI is InChI=1S/C10H17N3O6S/c11-7(14)2-1-5(10(18)19)13-6(4-20)9(17)12-3-8(15)16/h5-6,13,20H,1-4H2,(H2,11,14)(H,12,17)(H,15,16)(H,18,19)/t5-,6?/m0/s1. The highest BCUT2D eigenvalue weighted by molar-refractivity contribution is 7.80. The molecule has 0 aliphatic heterocycles. The van der Waals surface area contributed by atoms with E-state index in [4.69, 9.17) is 15.9 Å². The molecule has 0 saturated carbocycles. The van der Waals surface area contributed by atoms with Gasteiger partial charge in [-0.1, -0.05) is 0 Å². The van der Waals surface area contributed by atoms with Gasteiger partial charge < -0.3 is 21.3 Å². The van der Waals surface area contributed by atoms with Crippen molar-refractivity contribution in [1.82, 2.24) is 10.6 Å². The van der Waals surface area contributed by atoms with Crippen molar-refractivity contribution < 1.29 is 29.4 Å². The number of carboxylic acids is 2. The SMILES string of the molecule is NC(=O)CC[C@H](NC(CS)C(=O)NCC(=O)O)C(=O)O. The molecule has 0 aliphatic carbocycles. The molecular formula is C10H17N3O6S. The highest BCUT2D eigenvalue weighted by Crippen LogP contribution is 2.01. The first-order valence-corrected chi connectivity index (χ1v) is 6.28. The molecule has 114 valence electrons. The van der Waals surface area contributed by atoms with Crippen molar-refractivity contribution in [3.63, 3.8) is 0 Å². The van der Waals surface area contributed by atoms with Crippen LogP contribution in [0, 0.1) is 0 Å². The molecule has 0 heterocycles. The van der Waals surface area contributed by atoms with Crippen molar-refractivity contribution in [2.45, 2.75) is 24.9 Å². The summed E-state index contributed by atoms with van der Waals surface area (Å²) in [6.07, 6.45) is -0.235. The van der Waals surface area contributed by atoms with Gasteiger partial charge in [0.25, 0.3) is 0 Å². The number of primary amides is 1. The smallest absolute Gasteiger partial charge is 0.322 e. The molecule has 0 fully saturated rings. The van der Waals surface area contributed by atoms with Gasteiger partial charge in [0.1, 0.15) is 12.6 Å². The minimum atomic E-state index is -1.25. The molecule has 2 amide bonds. The van der Waals surface area contributed by atoms with E-state index in [-0.39, 0.29) is 18.6 Å². The molecule has 0 aromatic carbocycles. The molecule has 9 nitrogen and oxygen atoms in total. The average Bonchev–Trinajstić information content (AvgIpc) is 2.35. The first-order chi connectivity index (χ1) is 9.27. The van der Waals surface area contributed by atoms with Gasteiger partial charge in [0, 0.05) is 12.2 Å². The van der Waals surface area contributed by atoms with Crippen LogP contribution in [0.5, 0.6) is 0 Å². The monoisotopic (exact) mass is 307 g/mol. The Morgan fingerprint density at radius 2 is 1.75 bits per heavy atom. The number of carboxylic acid groups (broad SMARTS) is 2. The lowest BCUT2D eigenvalue weighted by molar-refractivity contribution is -0.141. The topological polar surface area (TPSA) is 159 Å². The number of amides is 2. The van der Waals surface area contributed by atoms with Crippen LogP contribution < -0.4 is 16.4 Å². The Labute approximate surface area is 120 Å². The van der Waals surface area contributed by atoms with Crippen molar-refractivity contribution >= 4 is 36.4 Å². The van der Waals surface area contributed by atoms with Gasteiger partial charge in [-0.3, -0.25) is 24.5 Å². The second-order valence-corrected chi connectivity index (χ2v) is 4.27. The molecule has 0 aliphatic rings. The fraction of sp³-hybridized carbons (Fsp3) is 0.600. The Balaban J connectivity index is 4.54. The second-order valence-electron chi connectivity index (χ2n) is 3.91. The van der Waals surface area contributed by atoms with Gasteiger partial charge >= 0.3 is 11.9 Å². The van der Waals surface area contributed by atoms with Gasteiger partial charge in [-0.2, -0.15) is 12.6 Å². The fourth-order valence-electron chi connectivity index (χ4n) is 1.30. The average molecular weight is 307 g/mol. The molecule has 0 spiro atoms. The van der Waals surface area contributed by atoms with Crippen LogP contribution in [0.2, 0.25) is 0 Å². The predicted octanol–water partition coefficient (Wildman–Crippen LogP) is -2.21. The predicted molar refractivity (Wildman–Crippen MR) is 71.3 cm³/mol. The Kier molecular flexibility index (Phi) is 8.32. The molecule has 0 bridgehead atoms. The number of rotatable bonds is 10. The van der Waals surface area contributed by atoms with E-state index in [1.54, 1.807) is 0 Å². The summed E-state index contributed by atoms with van der Waals surface area (Å²) in [6, 6.07) is -2.15. The van der Waals surface area contributed by atoms with E-state index in [9.17, 15) is 19.2 Å². The number of carbonyl (C=O) groups excluding carboxylic acids is 2. The Morgan fingerprint density at radius 3 is 2.15 bits per heavy atom. The van der Waals surface area contributed by atoms with E-state index < -0.39 is 42.4 Å². The summed E-state index contributed by atoms with van der Waals surface area (Å²) in [6.45, 7) is -0.580. The van der Waals surface area contributed by atoms with E-state index >= 15 is 0 Å². The van der Waals surface area contributed by atoms with Crippen molar-refractivity contribution in [1.29, 1.82) is 0 Å². The lowest BCUT2D eigenvalue weighted by Crippen LogP contribution is -2.52. The molecule has 1 unspecified atom stereocenters. The zero-order valence-electron chi connectivity index (χ0n) is 10.5. The zero-order valence-corrected chi connectivity index (χ0v) is 11.4. The van der Waals surface area contributed by atoms with E-state index in [0.717, 1.165) is 0 Å². The quantitative estimate of drug-likeness (QED) is 0.250. The van der Waals surface area contributed by atoms with Crippen LogP contribution in [-0.2, 0) is 19.2 Å². The van der Waals surface area contributed by atoms with Gasteiger partial charge in [0.15, 0.2) is 0 Å². The van der Waals surface area contributed by atoms with E-state index in [0.29, 0.717) is 0 Å². The lowest BCUT2D eigenvalue weighted by atomic mass is 10.1. The Bertz CT molecular complexity index is 389. The molecule has 2 atom stereocenters. The van der Waals surface area contributed by atoms with E-state index in [1.165, 1.54) is 0 Å². The van der Waals surface area contributed by atoms with E-state index in [2.05, 4.69) is 23.3 Å².